The highest BCUT2D eigenvalue weighted by Crippen LogP contribution is 2.46. The standard InChI is InChI=1S/C16H11ClF3N3O4/c17-5-8-6-22(15(25)16(18,19)20)12-4-11(23(26)27)9-2-1-7(14(21)24)3-10(9)13(8)12/h1-4,8H,5-6H2,(H2,21,24). The van der Waals surface area contributed by atoms with Gasteiger partial charge in [0, 0.05) is 30.0 Å². The van der Waals surface area contributed by atoms with E-state index in [0.717, 1.165) is 6.07 Å². The third-order valence-electron chi connectivity index (χ3n) is 4.39. The van der Waals surface area contributed by atoms with Crippen LogP contribution in [0.1, 0.15) is 21.8 Å². The first-order valence-electron chi connectivity index (χ1n) is 7.55. The molecule has 0 fully saturated rings. The summed E-state index contributed by atoms with van der Waals surface area (Å²) in [6.45, 7) is -0.381. The summed E-state index contributed by atoms with van der Waals surface area (Å²) in [5, 5.41) is 11.7. The molecule has 2 amide bonds. The molecule has 0 aromatic heterocycles. The summed E-state index contributed by atoms with van der Waals surface area (Å²) < 4.78 is 38.8. The molecule has 27 heavy (non-hydrogen) atoms. The van der Waals surface area contributed by atoms with Crippen LogP contribution >= 0.6 is 11.6 Å². The number of hydrogen-bond donors (Lipinski definition) is 1. The summed E-state index contributed by atoms with van der Waals surface area (Å²) in [5.74, 6) is -3.77. The maximum Gasteiger partial charge on any atom is 0.471 e. The summed E-state index contributed by atoms with van der Waals surface area (Å²) >= 11 is 5.88. The van der Waals surface area contributed by atoms with Gasteiger partial charge in [-0.15, -0.1) is 11.6 Å². The summed E-state index contributed by atoms with van der Waals surface area (Å²) in [4.78, 5) is 34.4. The van der Waals surface area contributed by atoms with E-state index in [1.165, 1.54) is 18.2 Å². The number of carbonyl (C=O) groups is 2. The second kappa shape index (κ2) is 6.38. The van der Waals surface area contributed by atoms with Gasteiger partial charge >= 0.3 is 12.1 Å². The minimum atomic E-state index is -5.16. The first-order valence-corrected chi connectivity index (χ1v) is 8.09. The lowest BCUT2D eigenvalue weighted by molar-refractivity contribution is -0.383. The van der Waals surface area contributed by atoms with Gasteiger partial charge in [0.25, 0.3) is 5.69 Å². The number of nitrogens with zero attached hydrogens (tertiary/aromatic N) is 2. The van der Waals surface area contributed by atoms with E-state index in [1.54, 1.807) is 0 Å². The third-order valence-corrected chi connectivity index (χ3v) is 4.76. The Morgan fingerprint density at radius 1 is 1.30 bits per heavy atom. The number of nitro groups is 1. The quantitative estimate of drug-likeness (QED) is 0.484. The molecule has 0 aliphatic carbocycles. The lowest BCUT2D eigenvalue weighted by Gasteiger charge is -2.19. The molecule has 0 spiro atoms. The first-order chi connectivity index (χ1) is 12.6. The van der Waals surface area contributed by atoms with Gasteiger partial charge in [-0.2, -0.15) is 13.2 Å². The molecule has 142 valence electrons. The number of amides is 2. The minimum Gasteiger partial charge on any atom is -0.366 e. The molecular weight excluding hydrogens is 391 g/mol. The van der Waals surface area contributed by atoms with E-state index in [4.69, 9.17) is 17.3 Å². The largest absolute Gasteiger partial charge is 0.471 e. The van der Waals surface area contributed by atoms with Crippen molar-refractivity contribution in [3.05, 3.63) is 45.5 Å². The van der Waals surface area contributed by atoms with Gasteiger partial charge in [-0.1, -0.05) is 0 Å². The molecule has 0 bridgehead atoms. The Bertz CT molecular complexity index is 993. The summed E-state index contributed by atoms with van der Waals surface area (Å²) in [5.41, 5.74) is 4.77. The molecule has 7 nitrogen and oxygen atoms in total. The topological polar surface area (TPSA) is 107 Å². The Hall–Kier alpha value is -2.88. The fourth-order valence-corrected chi connectivity index (χ4v) is 3.50. The van der Waals surface area contributed by atoms with Crippen LogP contribution in [-0.4, -0.2) is 35.3 Å². The number of halogens is 4. The molecule has 2 aromatic carbocycles. The van der Waals surface area contributed by atoms with Crippen LogP contribution < -0.4 is 10.6 Å². The van der Waals surface area contributed by atoms with E-state index in [1.807, 2.05) is 0 Å². The van der Waals surface area contributed by atoms with Gasteiger partial charge in [0.2, 0.25) is 5.91 Å². The van der Waals surface area contributed by atoms with Crippen molar-refractivity contribution in [1.29, 1.82) is 0 Å². The van der Waals surface area contributed by atoms with Crippen molar-refractivity contribution in [2.75, 3.05) is 17.3 Å². The predicted octanol–water partition coefficient (Wildman–Crippen LogP) is 3.08. The molecule has 2 N–H and O–H groups in total. The summed E-state index contributed by atoms with van der Waals surface area (Å²) in [7, 11) is 0. The average molecular weight is 402 g/mol. The Balaban J connectivity index is 2.37. The maximum absolute atomic E-state index is 12.9. The minimum absolute atomic E-state index is 0.0270. The Kier molecular flexibility index (Phi) is 4.46. The van der Waals surface area contributed by atoms with Crippen LogP contribution in [0.3, 0.4) is 0 Å². The number of rotatable bonds is 3. The van der Waals surface area contributed by atoms with Crippen LogP contribution in [0.5, 0.6) is 0 Å². The van der Waals surface area contributed by atoms with Crippen LogP contribution in [0.15, 0.2) is 24.3 Å². The second-order valence-corrected chi connectivity index (χ2v) is 6.28. The molecule has 1 aliphatic rings. The van der Waals surface area contributed by atoms with Crippen LogP contribution in [0.4, 0.5) is 24.5 Å². The molecule has 3 rings (SSSR count). The smallest absolute Gasteiger partial charge is 0.366 e. The lowest BCUT2D eigenvalue weighted by atomic mass is 9.93. The lowest BCUT2D eigenvalue weighted by Crippen LogP contribution is -2.40. The van der Waals surface area contributed by atoms with E-state index in [2.05, 4.69) is 0 Å². The first kappa shape index (κ1) is 18.9. The third kappa shape index (κ3) is 3.05. The Morgan fingerprint density at radius 2 is 1.96 bits per heavy atom. The Morgan fingerprint density at radius 3 is 2.48 bits per heavy atom. The predicted molar refractivity (Wildman–Crippen MR) is 91.0 cm³/mol. The molecular formula is C16H11ClF3N3O4. The van der Waals surface area contributed by atoms with Gasteiger partial charge in [-0.25, -0.2) is 0 Å². The fraction of sp³-hybridized carbons (Fsp3) is 0.250. The van der Waals surface area contributed by atoms with E-state index in [0.29, 0.717) is 4.90 Å². The highest BCUT2D eigenvalue weighted by molar-refractivity contribution is 6.19. The fourth-order valence-electron chi connectivity index (χ4n) is 3.25. The summed E-state index contributed by atoms with van der Waals surface area (Å²) in [6.07, 6.45) is -5.16. The van der Waals surface area contributed by atoms with Crippen molar-refractivity contribution in [3.63, 3.8) is 0 Å². The number of hydrogen-bond acceptors (Lipinski definition) is 4. The number of primary amides is 1. The van der Waals surface area contributed by atoms with Gasteiger partial charge in [-0.3, -0.25) is 19.7 Å². The van der Waals surface area contributed by atoms with E-state index in [9.17, 15) is 32.9 Å². The molecule has 1 atom stereocenters. The molecule has 0 radical (unpaired) electrons. The Labute approximate surface area is 154 Å². The summed E-state index contributed by atoms with van der Waals surface area (Å²) in [6, 6.07) is 4.78. The molecule has 0 saturated carbocycles. The zero-order chi connectivity index (χ0) is 20.1. The number of nitrogens with two attached hydrogens (primary N) is 1. The van der Waals surface area contributed by atoms with Gasteiger partial charge in [0.1, 0.15) is 0 Å². The number of carbonyl (C=O) groups excluding carboxylic acids is 2. The number of fused-ring (bicyclic) bond motifs is 3. The van der Waals surface area contributed by atoms with Crippen molar-refractivity contribution < 1.29 is 27.7 Å². The van der Waals surface area contributed by atoms with E-state index < -0.39 is 34.5 Å². The average Bonchev–Trinajstić information content (AvgIpc) is 2.97. The highest BCUT2D eigenvalue weighted by Gasteiger charge is 2.47. The zero-order valence-corrected chi connectivity index (χ0v) is 14.2. The van der Waals surface area contributed by atoms with Crippen LogP contribution in [-0.2, 0) is 4.79 Å². The van der Waals surface area contributed by atoms with E-state index in [-0.39, 0.29) is 40.0 Å². The molecule has 1 unspecified atom stereocenters. The van der Waals surface area contributed by atoms with Crippen molar-refractivity contribution in [3.8, 4) is 0 Å². The molecule has 1 heterocycles. The molecule has 0 saturated heterocycles. The van der Waals surface area contributed by atoms with Crippen molar-refractivity contribution in [2.45, 2.75) is 12.1 Å². The van der Waals surface area contributed by atoms with Gasteiger partial charge in [0.05, 0.1) is 16.0 Å². The van der Waals surface area contributed by atoms with E-state index >= 15 is 0 Å². The maximum atomic E-state index is 12.9. The number of alkyl halides is 4. The number of nitro benzene ring substituents is 1. The SMILES string of the molecule is NC(=O)c1ccc2c([N+](=O)[O-])cc3c(c2c1)C(CCl)CN3C(=O)C(F)(F)F. The van der Waals surface area contributed by atoms with Crippen LogP contribution in [0.2, 0.25) is 0 Å². The number of non-ortho nitro benzene ring substituents is 1. The van der Waals surface area contributed by atoms with Crippen molar-refractivity contribution >= 4 is 45.6 Å². The molecule has 1 aliphatic heterocycles. The van der Waals surface area contributed by atoms with Crippen molar-refractivity contribution in [2.24, 2.45) is 5.73 Å². The number of benzene rings is 2. The zero-order valence-electron chi connectivity index (χ0n) is 13.4. The number of anilines is 1. The van der Waals surface area contributed by atoms with Crippen LogP contribution in [0.25, 0.3) is 10.8 Å². The highest BCUT2D eigenvalue weighted by atomic mass is 35.5. The van der Waals surface area contributed by atoms with Gasteiger partial charge in [-0.05, 0) is 29.1 Å². The monoisotopic (exact) mass is 401 g/mol. The second-order valence-electron chi connectivity index (χ2n) is 5.97. The van der Waals surface area contributed by atoms with Crippen LogP contribution in [0, 0.1) is 10.1 Å². The van der Waals surface area contributed by atoms with Gasteiger partial charge in [0.15, 0.2) is 0 Å². The van der Waals surface area contributed by atoms with Gasteiger partial charge < -0.3 is 10.6 Å². The normalized spacial score (nSPS) is 16.4. The molecule has 2 aromatic rings. The van der Waals surface area contributed by atoms with Crippen molar-refractivity contribution in [1.82, 2.24) is 0 Å². The molecule has 11 heteroatoms.